The predicted molar refractivity (Wildman–Crippen MR) is 75.3 cm³/mol. The number of amides is 1. The van der Waals surface area contributed by atoms with Crippen molar-refractivity contribution in [2.24, 2.45) is 0 Å². The number of nitrogens with one attached hydrogen (secondary N) is 1. The fraction of sp³-hybridized carbons (Fsp3) is 0.500. The third kappa shape index (κ3) is 3.93. The lowest BCUT2D eigenvalue weighted by Crippen LogP contribution is -2.45. The summed E-state index contributed by atoms with van der Waals surface area (Å²) in [6.07, 6.45) is 0. The third-order valence-electron chi connectivity index (χ3n) is 3.29. The zero-order valence-corrected chi connectivity index (χ0v) is 11.8. The van der Waals surface area contributed by atoms with Crippen LogP contribution >= 0.6 is 11.6 Å². The van der Waals surface area contributed by atoms with Gasteiger partial charge in [0.25, 0.3) is 0 Å². The molecule has 5 heteroatoms. The summed E-state index contributed by atoms with van der Waals surface area (Å²) in [5, 5.41) is 3.94. The van der Waals surface area contributed by atoms with Crippen molar-refractivity contribution in [3.8, 4) is 0 Å². The van der Waals surface area contributed by atoms with Gasteiger partial charge >= 0.3 is 0 Å². The second kappa shape index (κ2) is 6.89. The summed E-state index contributed by atoms with van der Waals surface area (Å²) in [4.78, 5) is 13.8. The van der Waals surface area contributed by atoms with Gasteiger partial charge in [0.05, 0.1) is 19.8 Å². The molecular formula is C14H19ClN2O2. The number of ether oxygens (including phenoxy) is 1. The van der Waals surface area contributed by atoms with E-state index < -0.39 is 0 Å². The molecule has 1 aromatic carbocycles. The monoisotopic (exact) mass is 282 g/mol. The lowest BCUT2D eigenvalue weighted by molar-refractivity contribution is -0.134. The molecule has 1 aliphatic heterocycles. The number of halogens is 1. The molecule has 1 atom stereocenters. The van der Waals surface area contributed by atoms with Crippen LogP contribution in [-0.4, -0.2) is 43.7 Å². The van der Waals surface area contributed by atoms with Crippen LogP contribution in [0.3, 0.4) is 0 Å². The molecule has 1 fully saturated rings. The van der Waals surface area contributed by atoms with Crippen LogP contribution in [0.15, 0.2) is 24.3 Å². The van der Waals surface area contributed by atoms with Crippen LogP contribution in [0.2, 0.25) is 5.02 Å². The second-order valence-corrected chi connectivity index (χ2v) is 5.02. The van der Waals surface area contributed by atoms with Crippen molar-refractivity contribution in [3.05, 3.63) is 34.9 Å². The first-order chi connectivity index (χ1) is 9.18. The molecule has 1 amide bonds. The molecule has 1 saturated heterocycles. The molecule has 4 nitrogen and oxygen atoms in total. The number of benzene rings is 1. The number of nitrogens with zero attached hydrogens (tertiary/aromatic N) is 1. The minimum absolute atomic E-state index is 0.0543. The normalized spacial score (nSPS) is 17.3. The summed E-state index contributed by atoms with van der Waals surface area (Å²) in [7, 11) is 0. The first kappa shape index (κ1) is 14.3. The van der Waals surface area contributed by atoms with Crippen molar-refractivity contribution in [2.45, 2.75) is 13.0 Å². The van der Waals surface area contributed by atoms with Gasteiger partial charge in [-0.1, -0.05) is 29.8 Å². The van der Waals surface area contributed by atoms with E-state index in [4.69, 9.17) is 16.3 Å². The molecule has 0 aliphatic carbocycles. The Bertz CT molecular complexity index is 433. The summed E-state index contributed by atoms with van der Waals surface area (Å²) in [6.45, 7) is 4.96. The van der Waals surface area contributed by atoms with Gasteiger partial charge in [0.2, 0.25) is 5.91 Å². The molecule has 1 N–H and O–H groups in total. The van der Waals surface area contributed by atoms with Crippen LogP contribution in [0.5, 0.6) is 0 Å². The lowest BCUT2D eigenvalue weighted by Gasteiger charge is -2.27. The average Bonchev–Trinajstić information content (AvgIpc) is 2.46. The molecular weight excluding hydrogens is 264 g/mol. The maximum atomic E-state index is 12.0. The van der Waals surface area contributed by atoms with E-state index in [-0.39, 0.29) is 11.9 Å². The van der Waals surface area contributed by atoms with E-state index in [2.05, 4.69) is 5.32 Å². The maximum Gasteiger partial charge on any atom is 0.236 e. The van der Waals surface area contributed by atoms with Gasteiger partial charge in [-0.25, -0.2) is 0 Å². The summed E-state index contributed by atoms with van der Waals surface area (Å²) in [5.74, 6) is 0.113. The highest BCUT2D eigenvalue weighted by Gasteiger charge is 2.17. The smallest absolute Gasteiger partial charge is 0.236 e. The molecule has 1 aromatic rings. The molecule has 104 valence electrons. The van der Waals surface area contributed by atoms with Gasteiger partial charge in [0.1, 0.15) is 0 Å². The molecule has 0 saturated carbocycles. The first-order valence-corrected chi connectivity index (χ1v) is 6.89. The fourth-order valence-corrected chi connectivity index (χ4v) is 2.40. The van der Waals surface area contributed by atoms with E-state index in [1.807, 2.05) is 36.1 Å². The standard InChI is InChI=1S/C14H19ClN2O2/c1-11(12-4-2-3-5-13(12)15)16-10-14(18)17-6-8-19-9-7-17/h2-5,11,16H,6-10H2,1H3/t11-/m1/s1. The molecule has 0 spiro atoms. The van der Waals surface area contributed by atoms with Crippen LogP contribution < -0.4 is 5.32 Å². The van der Waals surface area contributed by atoms with E-state index in [9.17, 15) is 4.79 Å². The minimum atomic E-state index is 0.0543. The molecule has 1 heterocycles. The van der Waals surface area contributed by atoms with Gasteiger partial charge in [-0.15, -0.1) is 0 Å². The predicted octanol–water partition coefficient (Wildman–Crippen LogP) is 1.85. The lowest BCUT2D eigenvalue weighted by atomic mass is 10.1. The fourth-order valence-electron chi connectivity index (χ4n) is 2.10. The molecule has 2 rings (SSSR count). The van der Waals surface area contributed by atoms with Crippen LogP contribution in [0.4, 0.5) is 0 Å². The molecule has 19 heavy (non-hydrogen) atoms. The Morgan fingerprint density at radius 3 is 2.79 bits per heavy atom. The topological polar surface area (TPSA) is 41.6 Å². The average molecular weight is 283 g/mol. The Balaban J connectivity index is 1.84. The zero-order valence-electron chi connectivity index (χ0n) is 11.1. The molecule has 0 radical (unpaired) electrons. The van der Waals surface area contributed by atoms with Crippen LogP contribution in [0.25, 0.3) is 0 Å². The quantitative estimate of drug-likeness (QED) is 0.916. The van der Waals surface area contributed by atoms with Crippen molar-refractivity contribution in [3.63, 3.8) is 0 Å². The zero-order chi connectivity index (χ0) is 13.7. The number of carbonyl (C=O) groups excluding carboxylic acids is 1. The van der Waals surface area contributed by atoms with Crippen molar-refractivity contribution < 1.29 is 9.53 Å². The highest BCUT2D eigenvalue weighted by Crippen LogP contribution is 2.21. The van der Waals surface area contributed by atoms with Crippen molar-refractivity contribution in [1.82, 2.24) is 10.2 Å². The van der Waals surface area contributed by atoms with Gasteiger partial charge in [0.15, 0.2) is 0 Å². The number of morpholine rings is 1. The van der Waals surface area contributed by atoms with Crippen LogP contribution in [-0.2, 0) is 9.53 Å². The van der Waals surface area contributed by atoms with Crippen molar-refractivity contribution >= 4 is 17.5 Å². The second-order valence-electron chi connectivity index (χ2n) is 4.62. The van der Waals surface area contributed by atoms with Gasteiger partial charge in [-0.2, -0.15) is 0 Å². The number of rotatable bonds is 4. The number of carbonyl (C=O) groups is 1. The number of hydrogen-bond acceptors (Lipinski definition) is 3. The van der Waals surface area contributed by atoms with E-state index in [1.165, 1.54) is 0 Å². The van der Waals surface area contributed by atoms with E-state index in [1.54, 1.807) is 0 Å². The minimum Gasteiger partial charge on any atom is -0.378 e. The van der Waals surface area contributed by atoms with Gasteiger partial charge in [-0.05, 0) is 18.6 Å². The molecule has 0 aromatic heterocycles. The highest BCUT2D eigenvalue weighted by atomic mass is 35.5. The molecule has 0 unspecified atom stereocenters. The Morgan fingerprint density at radius 1 is 1.42 bits per heavy atom. The van der Waals surface area contributed by atoms with Gasteiger partial charge in [0, 0.05) is 24.2 Å². The SMILES string of the molecule is C[C@@H](NCC(=O)N1CCOCC1)c1ccccc1Cl. The maximum absolute atomic E-state index is 12.0. The molecule has 0 bridgehead atoms. The Labute approximate surface area is 118 Å². The summed E-state index contributed by atoms with van der Waals surface area (Å²) in [5.41, 5.74) is 1.01. The first-order valence-electron chi connectivity index (χ1n) is 6.52. The molecule has 1 aliphatic rings. The summed E-state index contributed by atoms with van der Waals surface area (Å²) < 4.78 is 5.23. The third-order valence-corrected chi connectivity index (χ3v) is 3.64. The van der Waals surface area contributed by atoms with Crippen LogP contribution in [0.1, 0.15) is 18.5 Å². The Kier molecular flexibility index (Phi) is 5.19. The van der Waals surface area contributed by atoms with Crippen molar-refractivity contribution in [1.29, 1.82) is 0 Å². The van der Waals surface area contributed by atoms with E-state index in [0.29, 0.717) is 32.8 Å². The van der Waals surface area contributed by atoms with Gasteiger partial charge < -0.3 is 15.0 Å². The Morgan fingerprint density at radius 2 is 2.11 bits per heavy atom. The van der Waals surface area contributed by atoms with Crippen LogP contribution in [0, 0.1) is 0 Å². The summed E-state index contributed by atoms with van der Waals surface area (Å²) in [6, 6.07) is 7.73. The number of hydrogen-bond donors (Lipinski definition) is 1. The van der Waals surface area contributed by atoms with Gasteiger partial charge in [-0.3, -0.25) is 4.79 Å². The van der Waals surface area contributed by atoms with Crippen molar-refractivity contribution in [2.75, 3.05) is 32.8 Å². The van der Waals surface area contributed by atoms with E-state index >= 15 is 0 Å². The summed E-state index contributed by atoms with van der Waals surface area (Å²) >= 11 is 6.13. The largest absolute Gasteiger partial charge is 0.378 e. The Hall–Kier alpha value is -1.10. The van der Waals surface area contributed by atoms with E-state index in [0.717, 1.165) is 10.6 Å². The highest BCUT2D eigenvalue weighted by molar-refractivity contribution is 6.31.